The van der Waals surface area contributed by atoms with E-state index >= 15 is 0 Å². The van der Waals surface area contributed by atoms with Crippen LogP contribution in [0.2, 0.25) is 0 Å². The van der Waals surface area contributed by atoms with Gasteiger partial charge in [-0.1, -0.05) is 91.1 Å². The number of nitrogens with one attached hydrogen (secondary N) is 1. The first kappa shape index (κ1) is 35.5. The van der Waals surface area contributed by atoms with Crippen molar-refractivity contribution in [3.8, 4) is 0 Å². The number of carbonyl (C=O) groups is 1. The van der Waals surface area contributed by atoms with Crippen molar-refractivity contribution in [1.29, 1.82) is 0 Å². The van der Waals surface area contributed by atoms with Crippen LogP contribution in [-0.4, -0.2) is 53.8 Å². The molecular formula is C34H60N2O3. The number of unbranched alkanes of at least 4 members (excludes halogenated alkanes) is 2. The van der Waals surface area contributed by atoms with Gasteiger partial charge < -0.3 is 10.2 Å². The summed E-state index contributed by atoms with van der Waals surface area (Å²) in [4.78, 5) is 18.5. The second-order valence-corrected chi connectivity index (χ2v) is 11.1. The van der Waals surface area contributed by atoms with E-state index in [1.807, 2.05) is 13.8 Å². The number of rotatable bonds is 5. The summed E-state index contributed by atoms with van der Waals surface area (Å²) in [6.07, 6.45) is 16.9. The van der Waals surface area contributed by atoms with Crippen LogP contribution in [0.15, 0.2) is 30.3 Å². The fourth-order valence-corrected chi connectivity index (χ4v) is 6.63. The first-order chi connectivity index (χ1) is 18.5. The number of hydrogen-bond donors (Lipinski definition) is 2. The Balaban J connectivity index is 0.000000549. The lowest BCUT2D eigenvalue weighted by Crippen LogP contribution is -2.47. The SMILES string of the molecule is C.CC.CC(=O)C1=CC2(CCN(C3CCC4CCCC(C3)N4)CC2)c2ccccc21.CCCCC.CCOO. The molecule has 2 bridgehead atoms. The maximum atomic E-state index is 12.2. The molecule has 3 atom stereocenters. The first-order valence-corrected chi connectivity index (χ1v) is 15.6. The van der Waals surface area contributed by atoms with Crippen LogP contribution in [0.25, 0.3) is 5.57 Å². The minimum absolute atomic E-state index is 0. The van der Waals surface area contributed by atoms with Crippen LogP contribution < -0.4 is 5.32 Å². The molecule has 39 heavy (non-hydrogen) atoms. The number of allylic oxidation sites excluding steroid dienone is 2. The zero-order valence-electron chi connectivity index (χ0n) is 25.2. The summed E-state index contributed by atoms with van der Waals surface area (Å²) in [5.41, 5.74) is 3.62. The highest BCUT2D eigenvalue weighted by Gasteiger charge is 2.43. The molecule has 5 rings (SSSR count). The number of carbonyl (C=O) groups excluding carboxylic acids is 1. The van der Waals surface area contributed by atoms with Crippen LogP contribution in [0.1, 0.15) is 131 Å². The van der Waals surface area contributed by atoms with Crippen LogP contribution in [-0.2, 0) is 15.1 Å². The number of benzene rings is 1. The molecule has 3 fully saturated rings. The Morgan fingerprint density at radius 2 is 1.64 bits per heavy atom. The summed E-state index contributed by atoms with van der Waals surface area (Å²) in [5.74, 6) is 0.212. The third-order valence-electron chi connectivity index (χ3n) is 8.58. The Hall–Kier alpha value is -1.53. The van der Waals surface area contributed by atoms with Gasteiger partial charge in [0.15, 0.2) is 5.78 Å². The van der Waals surface area contributed by atoms with Gasteiger partial charge in [-0.15, -0.1) is 0 Å². The number of Topliss-reactive ketones (excluding diaryl/α,β-unsaturated/α-hetero) is 1. The van der Waals surface area contributed by atoms with Gasteiger partial charge in [-0.25, -0.2) is 4.89 Å². The molecule has 4 aliphatic rings. The molecule has 0 amide bonds. The Morgan fingerprint density at radius 1 is 1.03 bits per heavy atom. The highest BCUT2D eigenvalue weighted by Crippen LogP contribution is 2.47. The van der Waals surface area contributed by atoms with Crippen molar-refractivity contribution < 1.29 is 14.9 Å². The van der Waals surface area contributed by atoms with Gasteiger partial charge in [0.2, 0.25) is 0 Å². The molecule has 1 aliphatic carbocycles. The fourth-order valence-electron chi connectivity index (χ4n) is 6.63. The summed E-state index contributed by atoms with van der Waals surface area (Å²) in [6, 6.07) is 10.9. The second kappa shape index (κ2) is 18.7. The molecule has 1 aromatic rings. The lowest BCUT2D eigenvalue weighted by atomic mass is 9.74. The number of nitrogens with zero attached hydrogens (tertiary/aromatic N) is 1. The van der Waals surface area contributed by atoms with Crippen LogP contribution in [0.4, 0.5) is 0 Å². The number of piperidine rings is 2. The van der Waals surface area contributed by atoms with Crippen molar-refractivity contribution >= 4 is 11.4 Å². The van der Waals surface area contributed by atoms with Crippen LogP contribution in [0.5, 0.6) is 0 Å². The van der Waals surface area contributed by atoms with E-state index in [9.17, 15) is 4.79 Å². The van der Waals surface area contributed by atoms with Crippen molar-refractivity contribution in [3.63, 3.8) is 0 Å². The maximum Gasteiger partial charge on any atom is 0.160 e. The maximum absolute atomic E-state index is 12.2. The Morgan fingerprint density at radius 3 is 2.21 bits per heavy atom. The molecule has 0 aromatic heterocycles. The predicted octanol–water partition coefficient (Wildman–Crippen LogP) is 8.42. The Bertz CT molecular complexity index is 841. The largest absolute Gasteiger partial charge is 0.311 e. The van der Waals surface area contributed by atoms with Gasteiger partial charge in [0.25, 0.3) is 0 Å². The molecule has 1 spiro atoms. The molecule has 3 saturated heterocycles. The molecular weight excluding hydrogens is 484 g/mol. The van der Waals surface area contributed by atoms with Gasteiger partial charge in [0.05, 0.1) is 6.61 Å². The quantitative estimate of drug-likeness (QED) is 0.288. The highest BCUT2D eigenvalue weighted by molar-refractivity contribution is 6.21. The van der Waals surface area contributed by atoms with Gasteiger partial charge in [0.1, 0.15) is 0 Å². The van der Waals surface area contributed by atoms with Crippen LogP contribution in [0, 0.1) is 0 Å². The smallest absolute Gasteiger partial charge is 0.160 e. The average Bonchev–Trinajstić information content (AvgIpc) is 3.19. The van der Waals surface area contributed by atoms with Gasteiger partial charge >= 0.3 is 0 Å². The van der Waals surface area contributed by atoms with E-state index < -0.39 is 0 Å². The van der Waals surface area contributed by atoms with E-state index in [2.05, 4.69) is 59.3 Å². The zero-order chi connectivity index (χ0) is 28.0. The molecule has 3 heterocycles. The molecule has 1 aromatic carbocycles. The zero-order valence-corrected chi connectivity index (χ0v) is 25.2. The lowest BCUT2D eigenvalue weighted by molar-refractivity contribution is -0.237. The summed E-state index contributed by atoms with van der Waals surface area (Å²) in [6.45, 7) is 14.6. The number of ketones is 1. The monoisotopic (exact) mass is 544 g/mol. The molecule has 5 nitrogen and oxygen atoms in total. The molecule has 3 aliphatic heterocycles. The van der Waals surface area contributed by atoms with Gasteiger partial charge in [-0.2, -0.15) is 0 Å². The summed E-state index contributed by atoms with van der Waals surface area (Å²) >= 11 is 0. The van der Waals surface area contributed by atoms with Gasteiger partial charge in [-0.05, 0) is 83.0 Å². The van der Waals surface area contributed by atoms with Crippen molar-refractivity contribution in [1.82, 2.24) is 10.2 Å². The molecule has 0 radical (unpaired) electrons. The van der Waals surface area contributed by atoms with Crippen LogP contribution in [0.3, 0.4) is 0 Å². The van der Waals surface area contributed by atoms with Crippen molar-refractivity contribution in [3.05, 3.63) is 41.5 Å². The Kier molecular flexibility index (Phi) is 17.1. The fraction of sp³-hybridized carbons (Fsp3) is 0.735. The average molecular weight is 545 g/mol. The van der Waals surface area contributed by atoms with Crippen molar-refractivity contribution in [2.24, 2.45) is 0 Å². The van der Waals surface area contributed by atoms with Gasteiger partial charge in [0, 0.05) is 29.1 Å². The van der Waals surface area contributed by atoms with E-state index in [1.165, 1.54) is 68.9 Å². The van der Waals surface area contributed by atoms with E-state index in [1.54, 1.807) is 13.8 Å². The summed E-state index contributed by atoms with van der Waals surface area (Å²) in [7, 11) is 0. The third-order valence-corrected chi connectivity index (χ3v) is 8.58. The molecule has 2 N–H and O–H groups in total. The van der Waals surface area contributed by atoms with E-state index in [4.69, 9.17) is 5.26 Å². The topological polar surface area (TPSA) is 61.8 Å². The Labute approximate surface area is 240 Å². The van der Waals surface area contributed by atoms with Crippen LogP contribution >= 0.6 is 0 Å². The lowest BCUT2D eigenvalue weighted by Gasteiger charge is -2.43. The third kappa shape index (κ3) is 9.81. The molecule has 0 saturated carbocycles. The normalized spacial score (nSPS) is 24.6. The highest BCUT2D eigenvalue weighted by atomic mass is 17.1. The van der Waals surface area contributed by atoms with Gasteiger partial charge in [-0.3, -0.25) is 10.1 Å². The van der Waals surface area contributed by atoms with Crippen molar-refractivity contribution in [2.75, 3.05) is 19.7 Å². The predicted molar refractivity (Wildman–Crippen MR) is 167 cm³/mol. The standard InChI is InChI=1S/C24H32N2O.C5H12.C2H6O2.C2H6.CH4/c1-17(27)22-16-24(23-8-3-2-7-21(22)23)11-13-26(14-12-24)20-10-9-18-5-4-6-19(15-20)25-18;1-3-5-4-2;1-2-4-3;1-2;/h2-3,7-8,16,18-20,25H,4-6,9-15H2,1H3;3-5H2,1-2H3;3H,2H2,1H3;1-2H3;1H4. The second-order valence-electron chi connectivity index (χ2n) is 11.1. The minimum Gasteiger partial charge on any atom is -0.311 e. The minimum atomic E-state index is 0. The number of fused-ring (bicyclic) bond motifs is 4. The van der Waals surface area contributed by atoms with E-state index in [0.717, 1.165) is 49.6 Å². The molecule has 3 unspecified atom stereocenters. The summed E-state index contributed by atoms with van der Waals surface area (Å²) in [5, 5.41) is 11.3. The van der Waals surface area contributed by atoms with E-state index in [0.29, 0.717) is 6.61 Å². The van der Waals surface area contributed by atoms with Crippen molar-refractivity contribution in [2.45, 2.75) is 143 Å². The number of hydrogen-bond acceptors (Lipinski definition) is 5. The molecule has 224 valence electrons. The number of likely N-dealkylation sites (tertiary alicyclic amines) is 1. The van der Waals surface area contributed by atoms with E-state index in [-0.39, 0.29) is 18.6 Å². The first-order valence-electron chi connectivity index (χ1n) is 15.6. The molecule has 5 heteroatoms. The summed E-state index contributed by atoms with van der Waals surface area (Å²) < 4.78 is 0.